The van der Waals surface area contributed by atoms with Crippen LogP contribution >= 0.6 is 0 Å². The van der Waals surface area contributed by atoms with E-state index in [1.54, 1.807) is 0 Å². The van der Waals surface area contributed by atoms with E-state index in [0.717, 1.165) is 0 Å². The van der Waals surface area contributed by atoms with Crippen molar-refractivity contribution in [3.63, 3.8) is 0 Å². The summed E-state index contributed by atoms with van der Waals surface area (Å²) in [6, 6.07) is 39.5. The molecule has 133 valence electrons. The van der Waals surface area contributed by atoms with Gasteiger partial charge in [0, 0.05) is 0 Å². The van der Waals surface area contributed by atoms with Crippen LogP contribution in [0.4, 0.5) is 0 Å². The molecule has 0 spiro atoms. The van der Waals surface area contributed by atoms with E-state index >= 15 is 0 Å². The number of benzene rings is 3. The molecule has 0 bridgehead atoms. The molecule has 5 aromatic rings. The topological polar surface area (TPSA) is 0 Å². The number of hydrogen-bond acceptors (Lipinski definition) is 0. The van der Waals surface area contributed by atoms with Gasteiger partial charge in [-0.2, -0.15) is 35.0 Å². The van der Waals surface area contributed by atoms with Crippen LogP contribution in [0.25, 0.3) is 27.6 Å². The van der Waals surface area contributed by atoms with Gasteiger partial charge in [0.05, 0.1) is 10.2 Å². The van der Waals surface area contributed by atoms with Crippen LogP contribution in [-0.2, 0) is 26.2 Å². The van der Waals surface area contributed by atoms with Crippen LogP contribution in [0.5, 0.6) is 0 Å². The predicted molar refractivity (Wildman–Crippen MR) is 120 cm³/mol. The SMILES string of the molecule is [Si]C=Cc1ccccc1.[Zr+2].c1ccc2[cH-]ccc2c1.c1ccc2[cH-]ccc2c1. The minimum atomic E-state index is 0. The van der Waals surface area contributed by atoms with Gasteiger partial charge in [0.25, 0.3) is 0 Å². The molecule has 0 nitrogen and oxygen atoms in total. The third-order valence-electron chi connectivity index (χ3n) is 4.17. The van der Waals surface area contributed by atoms with Gasteiger partial charge < -0.3 is 0 Å². The normalized spacial score (nSPS) is 9.89. The van der Waals surface area contributed by atoms with Crippen molar-refractivity contribution in [2.45, 2.75) is 0 Å². The summed E-state index contributed by atoms with van der Waals surface area (Å²) in [6.45, 7) is 0. The monoisotopic (exact) mass is 451 g/mol. The van der Waals surface area contributed by atoms with Crippen LogP contribution in [0, 0.1) is 0 Å². The zero-order valence-electron chi connectivity index (χ0n) is 15.6. The van der Waals surface area contributed by atoms with Crippen molar-refractivity contribution in [2.75, 3.05) is 0 Å². The Labute approximate surface area is 189 Å². The molecule has 0 unspecified atom stereocenters. The summed E-state index contributed by atoms with van der Waals surface area (Å²) in [7, 11) is 3.25. The Morgan fingerprint density at radius 2 is 1.04 bits per heavy atom. The van der Waals surface area contributed by atoms with Gasteiger partial charge in [-0.1, -0.05) is 48.5 Å². The molecule has 5 rings (SSSR count). The van der Waals surface area contributed by atoms with Gasteiger partial charge in [-0.05, 0) is 5.56 Å². The molecule has 28 heavy (non-hydrogen) atoms. The fraction of sp³-hybridized carbons (Fsp3) is 0. The zero-order valence-corrected chi connectivity index (χ0v) is 19.1. The molecule has 3 radical (unpaired) electrons. The quantitative estimate of drug-likeness (QED) is 0.191. The van der Waals surface area contributed by atoms with Gasteiger partial charge in [-0.15, -0.1) is 65.0 Å². The zero-order chi connectivity index (χ0) is 18.7. The summed E-state index contributed by atoms with van der Waals surface area (Å²) >= 11 is 0. The molecule has 2 heteroatoms. The van der Waals surface area contributed by atoms with E-state index in [4.69, 9.17) is 0 Å². The first-order valence-electron chi connectivity index (χ1n) is 8.96. The molecule has 0 amide bonds. The van der Waals surface area contributed by atoms with Crippen molar-refractivity contribution in [1.29, 1.82) is 0 Å². The maximum atomic E-state index is 3.25. The van der Waals surface area contributed by atoms with E-state index in [9.17, 15) is 0 Å². The summed E-state index contributed by atoms with van der Waals surface area (Å²) in [5.74, 6) is 0. The summed E-state index contributed by atoms with van der Waals surface area (Å²) < 4.78 is 0. The van der Waals surface area contributed by atoms with Crippen molar-refractivity contribution < 1.29 is 26.2 Å². The van der Waals surface area contributed by atoms with Crippen LogP contribution in [0.2, 0.25) is 0 Å². The molecule has 0 fully saturated rings. The predicted octanol–water partition coefficient (Wildman–Crippen LogP) is 6.94. The second-order valence-electron chi connectivity index (χ2n) is 6.05. The Morgan fingerprint density at radius 1 is 0.571 bits per heavy atom. The smallest absolute Gasteiger partial charge is 0.168 e. The first kappa shape index (κ1) is 22.0. The average Bonchev–Trinajstić information content (AvgIpc) is 3.39. The van der Waals surface area contributed by atoms with Crippen molar-refractivity contribution in [1.82, 2.24) is 0 Å². The van der Waals surface area contributed by atoms with E-state index < -0.39 is 0 Å². The third-order valence-corrected chi connectivity index (χ3v) is 4.34. The second kappa shape index (κ2) is 12.2. The van der Waals surface area contributed by atoms with Crippen molar-refractivity contribution in [3.8, 4) is 0 Å². The van der Waals surface area contributed by atoms with E-state index in [1.165, 1.54) is 27.1 Å². The van der Waals surface area contributed by atoms with Crippen LogP contribution < -0.4 is 0 Å². The molecule has 0 aliphatic rings. The van der Waals surface area contributed by atoms with Gasteiger partial charge in [0.15, 0.2) is 0 Å². The van der Waals surface area contributed by atoms with Crippen molar-refractivity contribution in [2.24, 2.45) is 0 Å². The van der Waals surface area contributed by atoms with Gasteiger partial charge >= 0.3 is 26.2 Å². The Kier molecular flexibility index (Phi) is 9.62. The average molecular weight is 453 g/mol. The fourth-order valence-electron chi connectivity index (χ4n) is 2.80. The van der Waals surface area contributed by atoms with E-state index in [-0.39, 0.29) is 26.2 Å². The summed E-state index contributed by atoms with van der Waals surface area (Å²) in [6.07, 6.45) is 2.00. The second-order valence-corrected chi connectivity index (χ2v) is 6.39. The molecule has 0 saturated carbocycles. The van der Waals surface area contributed by atoms with E-state index in [1.807, 2.05) is 30.0 Å². The molecule has 0 atom stereocenters. The van der Waals surface area contributed by atoms with Gasteiger partial charge in [-0.3, -0.25) is 0 Å². The Hall–Kier alpha value is -2.28. The summed E-state index contributed by atoms with van der Waals surface area (Å²) in [4.78, 5) is 0. The summed E-state index contributed by atoms with van der Waals surface area (Å²) in [5.41, 5.74) is 3.06. The molecule has 0 N–H and O–H groups in total. The maximum absolute atomic E-state index is 3.25. The molecule has 5 aromatic carbocycles. The van der Waals surface area contributed by atoms with Crippen molar-refractivity contribution >= 4 is 37.9 Å². The molecular formula is C26H21SiZr. The molecule has 0 aliphatic heterocycles. The molecule has 0 saturated heterocycles. The van der Waals surface area contributed by atoms with Crippen LogP contribution in [0.3, 0.4) is 0 Å². The standard InChI is InChI=1S/2C9H7.C8H7Si.Zr/c2*1-2-5-9-7-3-6-8(9)4-1;9-7-6-8-4-2-1-3-5-8;/h3*1-7H;/q2*-1;;+2. The minimum absolute atomic E-state index is 0. The molecule has 0 aliphatic carbocycles. The van der Waals surface area contributed by atoms with Crippen LogP contribution in [0.15, 0.2) is 121 Å². The van der Waals surface area contributed by atoms with Gasteiger partial charge in [0.2, 0.25) is 0 Å². The maximum Gasteiger partial charge on any atom is 2.00 e. The fourth-order valence-corrected chi connectivity index (χ4v) is 2.99. The summed E-state index contributed by atoms with van der Waals surface area (Å²) in [5, 5.41) is 5.32. The van der Waals surface area contributed by atoms with Gasteiger partial charge in [-0.25, -0.2) is 0 Å². The molecule has 0 heterocycles. The first-order valence-corrected chi connectivity index (χ1v) is 9.54. The van der Waals surface area contributed by atoms with Crippen molar-refractivity contribution in [3.05, 3.63) is 127 Å². The van der Waals surface area contributed by atoms with Crippen LogP contribution in [0.1, 0.15) is 5.56 Å². The largest absolute Gasteiger partial charge is 2.00 e. The Bertz CT molecular complexity index is 961. The molecular weight excluding hydrogens is 432 g/mol. The Balaban J connectivity index is 0.000000148. The van der Waals surface area contributed by atoms with Crippen LogP contribution in [-0.4, -0.2) is 10.2 Å². The van der Waals surface area contributed by atoms with E-state index in [2.05, 4.69) is 107 Å². The Morgan fingerprint density at radius 3 is 1.50 bits per heavy atom. The first-order chi connectivity index (χ1) is 13.4. The number of rotatable bonds is 1. The number of hydrogen-bond donors (Lipinski definition) is 0. The number of fused-ring (bicyclic) bond motifs is 2. The van der Waals surface area contributed by atoms with E-state index in [0.29, 0.717) is 0 Å². The molecule has 0 aromatic heterocycles. The minimum Gasteiger partial charge on any atom is -0.168 e. The third kappa shape index (κ3) is 6.71. The van der Waals surface area contributed by atoms with Gasteiger partial charge in [0.1, 0.15) is 0 Å².